The predicted octanol–water partition coefficient (Wildman–Crippen LogP) is 2.63. The molecule has 0 spiro atoms. The van der Waals surface area contributed by atoms with Gasteiger partial charge in [-0.3, -0.25) is 0 Å². The number of pyridine rings is 1. The Hall–Kier alpha value is -3.86. The number of anilines is 1. The number of nitrogens with two attached hydrogens (primary N) is 2. The van der Waals surface area contributed by atoms with Crippen molar-refractivity contribution in [2.45, 2.75) is 45.1 Å². The molecule has 186 valence electrons. The van der Waals surface area contributed by atoms with E-state index >= 15 is 0 Å². The molecule has 3 aromatic rings. The van der Waals surface area contributed by atoms with E-state index in [1.54, 1.807) is 14.2 Å². The third-order valence-corrected chi connectivity index (χ3v) is 6.03. The summed E-state index contributed by atoms with van der Waals surface area (Å²) in [7, 11) is 3.34. The Morgan fingerprint density at radius 2 is 1.89 bits per heavy atom. The molecule has 35 heavy (non-hydrogen) atoms. The van der Waals surface area contributed by atoms with Crippen LogP contribution in [0.25, 0.3) is 11.4 Å². The molecule has 1 aliphatic carbocycles. The minimum Gasteiger partial charge on any atom is -0.497 e. The zero-order valence-electron chi connectivity index (χ0n) is 20.4. The highest BCUT2D eigenvalue weighted by molar-refractivity contribution is 5.64. The fourth-order valence-electron chi connectivity index (χ4n) is 4.02. The van der Waals surface area contributed by atoms with Crippen LogP contribution < -0.4 is 26.4 Å². The molecule has 0 atom stereocenters. The predicted molar refractivity (Wildman–Crippen MR) is 134 cm³/mol. The maximum atomic E-state index is 6.47. The second-order valence-corrected chi connectivity index (χ2v) is 8.58. The molecular weight excluding hydrogens is 446 g/mol. The first-order valence-corrected chi connectivity index (χ1v) is 11.7. The van der Waals surface area contributed by atoms with Crippen LogP contribution in [0.15, 0.2) is 42.1 Å². The summed E-state index contributed by atoms with van der Waals surface area (Å²) in [4.78, 5) is 6.11. The van der Waals surface area contributed by atoms with E-state index in [-0.39, 0.29) is 12.6 Å². The average Bonchev–Trinajstić information content (AvgIpc) is 3.35. The summed E-state index contributed by atoms with van der Waals surface area (Å²) in [5.41, 5.74) is 9.75. The van der Waals surface area contributed by atoms with Gasteiger partial charge >= 0.3 is 0 Å². The van der Waals surface area contributed by atoms with Crippen molar-refractivity contribution in [2.24, 2.45) is 11.6 Å². The maximum Gasteiger partial charge on any atom is 0.264 e. The van der Waals surface area contributed by atoms with Gasteiger partial charge in [-0.15, -0.1) is 9.90 Å². The van der Waals surface area contributed by atoms with Gasteiger partial charge in [-0.05, 0) is 74.2 Å². The van der Waals surface area contributed by atoms with Gasteiger partial charge in [0.25, 0.3) is 5.95 Å². The number of ether oxygens (including phenoxy) is 2. The molecular formula is C24H33N9O2. The molecule has 2 aromatic heterocycles. The minimum atomic E-state index is 0.261. The number of methoxy groups -OCH3 is 1. The Balaban J connectivity index is 1.45. The number of tetrazole rings is 1. The summed E-state index contributed by atoms with van der Waals surface area (Å²) in [5.74, 6) is 7.98. The fraction of sp³-hybridized carbons (Fsp3) is 0.417. The lowest BCUT2D eigenvalue weighted by Crippen LogP contribution is -2.32. The summed E-state index contributed by atoms with van der Waals surface area (Å²) in [6, 6.07) is 11.1. The number of likely N-dealkylation sites (N-methyl/N-ethyl adjacent to an activating group) is 1. The largest absolute Gasteiger partial charge is 0.497 e. The first-order valence-electron chi connectivity index (χ1n) is 11.7. The van der Waals surface area contributed by atoms with Gasteiger partial charge in [0.05, 0.1) is 48.2 Å². The van der Waals surface area contributed by atoms with Crippen LogP contribution in [0, 0.1) is 6.92 Å². The Bertz CT molecular complexity index is 1150. The number of hydrazine groups is 1. The standard InChI is InChI=1S/C24H33N9O2/c1-16-22(35-19-7-5-4-6-8-19)14-13-20(28-16)23(25)21(32(2)26)15-27-24-29-31-33(30-24)17-9-11-18(34-3)12-10-17/h9-14,19H,4-8,15,25-26H2,1-3H3,(H,27,30)/b23-21-. The molecule has 0 amide bonds. The first-order chi connectivity index (χ1) is 16.9. The highest BCUT2D eigenvalue weighted by Crippen LogP contribution is 2.26. The van der Waals surface area contributed by atoms with Gasteiger partial charge in [-0.25, -0.2) is 10.8 Å². The highest BCUT2D eigenvalue weighted by atomic mass is 16.5. The quantitative estimate of drug-likeness (QED) is 0.310. The topological polar surface area (TPSA) is 142 Å². The maximum absolute atomic E-state index is 6.47. The summed E-state index contributed by atoms with van der Waals surface area (Å²) < 4.78 is 11.4. The number of aromatic nitrogens is 5. The number of nitrogens with zero attached hydrogens (tertiary/aromatic N) is 6. The second kappa shape index (κ2) is 11.0. The molecule has 0 saturated heterocycles. The van der Waals surface area contributed by atoms with Crippen molar-refractivity contribution in [3.63, 3.8) is 0 Å². The van der Waals surface area contributed by atoms with Crippen LogP contribution in [0.4, 0.5) is 5.95 Å². The van der Waals surface area contributed by atoms with Gasteiger partial charge in [0.15, 0.2) is 0 Å². The van der Waals surface area contributed by atoms with E-state index in [1.807, 2.05) is 43.3 Å². The molecule has 2 heterocycles. The molecule has 11 heteroatoms. The van der Waals surface area contributed by atoms with Crippen molar-refractivity contribution in [1.82, 2.24) is 30.2 Å². The van der Waals surface area contributed by atoms with E-state index in [2.05, 4.69) is 25.7 Å². The lowest BCUT2D eigenvalue weighted by Gasteiger charge is -2.24. The molecule has 0 unspecified atom stereocenters. The summed E-state index contributed by atoms with van der Waals surface area (Å²) in [6.07, 6.45) is 6.16. The van der Waals surface area contributed by atoms with Gasteiger partial charge in [-0.1, -0.05) is 11.5 Å². The summed E-state index contributed by atoms with van der Waals surface area (Å²) in [5, 5.41) is 17.1. The number of rotatable bonds is 9. The normalized spacial score (nSPS) is 14.9. The van der Waals surface area contributed by atoms with Gasteiger partial charge in [0.2, 0.25) is 0 Å². The van der Waals surface area contributed by atoms with Gasteiger partial charge in [0.1, 0.15) is 11.5 Å². The van der Waals surface area contributed by atoms with Crippen molar-refractivity contribution in [2.75, 3.05) is 26.0 Å². The molecule has 1 aromatic carbocycles. The Kier molecular flexibility index (Phi) is 7.66. The Morgan fingerprint density at radius 1 is 1.14 bits per heavy atom. The van der Waals surface area contributed by atoms with E-state index in [0.717, 1.165) is 35.7 Å². The fourth-order valence-corrected chi connectivity index (χ4v) is 4.02. The van der Waals surface area contributed by atoms with Crippen molar-refractivity contribution in [3.8, 4) is 17.2 Å². The molecule has 5 N–H and O–H groups in total. The number of nitrogens with one attached hydrogen (secondary N) is 1. The van der Waals surface area contributed by atoms with Gasteiger partial charge < -0.3 is 25.5 Å². The molecule has 4 rings (SSSR count). The second-order valence-electron chi connectivity index (χ2n) is 8.58. The van der Waals surface area contributed by atoms with Crippen LogP contribution in [0.1, 0.15) is 43.5 Å². The zero-order valence-corrected chi connectivity index (χ0v) is 20.4. The SMILES string of the molecule is COc1ccc(-n2nnc(NC/C(=C(/N)c3ccc(OC4CCCCC4)c(C)n3)N(C)N)n2)cc1. The van der Waals surface area contributed by atoms with Crippen molar-refractivity contribution in [3.05, 3.63) is 53.5 Å². The van der Waals surface area contributed by atoms with E-state index in [4.69, 9.17) is 21.1 Å². The zero-order chi connectivity index (χ0) is 24.8. The van der Waals surface area contributed by atoms with Crippen molar-refractivity contribution >= 4 is 11.6 Å². The Morgan fingerprint density at radius 3 is 2.54 bits per heavy atom. The highest BCUT2D eigenvalue weighted by Gasteiger charge is 2.18. The number of hydrogen-bond acceptors (Lipinski definition) is 10. The third-order valence-electron chi connectivity index (χ3n) is 6.03. The average molecular weight is 480 g/mol. The van der Waals surface area contributed by atoms with Crippen molar-refractivity contribution < 1.29 is 9.47 Å². The van der Waals surface area contributed by atoms with Gasteiger partial charge in [-0.2, -0.15) is 0 Å². The van der Waals surface area contributed by atoms with Crippen LogP contribution in [0.2, 0.25) is 0 Å². The van der Waals surface area contributed by atoms with E-state index < -0.39 is 0 Å². The Labute approximate surface area is 205 Å². The third kappa shape index (κ3) is 5.99. The number of hydrogen-bond donors (Lipinski definition) is 3. The van der Waals surface area contributed by atoms with Crippen LogP contribution in [-0.2, 0) is 0 Å². The van der Waals surface area contributed by atoms with Crippen LogP contribution in [0.3, 0.4) is 0 Å². The van der Waals surface area contributed by atoms with E-state index in [1.165, 1.54) is 29.1 Å². The molecule has 0 bridgehead atoms. The van der Waals surface area contributed by atoms with Crippen LogP contribution in [0.5, 0.6) is 11.5 Å². The minimum absolute atomic E-state index is 0.261. The molecule has 0 aliphatic heterocycles. The summed E-state index contributed by atoms with van der Waals surface area (Å²) >= 11 is 0. The smallest absolute Gasteiger partial charge is 0.264 e. The van der Waals surface area contributed by atoms with Crippen molar-refractivity contribution in [1.29, 1.82) is 0 Å². The lowest BCUT2D eigenvalue weighted by atomic mass is 9.98. The summed E-state index contributed by atoms with van der Waals surface area (Å²) in [6.45, 7) is 2.22. The molecule has 1 saturated carbocycles. The molecule has 0 radical (unpaired) electrons. The van der Waals surface area contributed by atoms with Crippen LogP contribution >= 0.6 is 0 Å². The monoisotopic (exact) mass is 479 g/mol. The lowest BCUT2D eigenvalue weighted by molar-refractivity contribution is 0.153. The van der Waals surface area contributed by atoms with Gasteiger partial charge in [0, 0.05) is 7.05 Å². The first kappa shape index (κ1) is 24.3. The molecule has 11 nitrogen and oxygen atoms in total. The van der Waals surface area contributed by atoms with E-state index in [0.29, 0.717) is 23.0 Å². The number of aryl methyl sites for hydroxylation is 1. The number of benzene rings is 1. The van der Waals surface area contributed by atoms with E-state index in [9.17, 15) is 0 Å². The molecule has 1 aliphatic rings. The molecule has 1 fully saturated rings. The van der Waals surface area contributed by atoms with Crippen LogP contribution in [-0.4, -0.2) is 57.0 Å².